The number of carbonyl (C=O) groups excluding carboxylic acids is 2. The molecule has 10 heteroatoms. The van der Waals surface area contributed by atoms with E-state index in [-0.39, 0.29) is 44.2 Å². The van der Waals surface area contributed by atoms with E-state index in [1.807, 2.05) is 30.3 Å². The molecule has 1 aromatic heterocycles. The SMILES string of the molecule is COc1cc(CO)cc2c1O[C@@H]1[C@@H](O)[C@H](N(Cc3ccoc3)C(=O)Cc3ccccc3)C=C(C(=O)NCCO)[C@H]21. The van der Waals surface area contributed by atoms with E-state index in [0.29, 0.717) is 22.6 Å². The van der Waals surface area contributed by atoms with Crippen LogP contribution in [0.25, 0.3) is 0 Å². The molecule has 10 nitrogen and oxygen atoms in total. The maximum absolute atomic E-state index is 13.8. The van der Waals surface area contributed by atoms with Crippen LogP contribution in [0.2, 0.25) is 0 Å². The highest BCUT2D eigenvalue weighted by molar-refractivity contribution is 5.96. The molecule has 0 unspecified atom stereocenters. The van der Waals surface area contributed by atoms with Crippen molar-refractivity contribution in [1.82, 2.24) is 10.2 Å². The number of hydrogen-bond acceptors (Lipinski definition) is 8. The molecule has 0 fully saturated rings. The zero-order chi connectivity index (χ0) is 28.2. The molecule has 2 amide bonds. The second-order valence-electron chi connectivity index (χ2n) is 9.83. The van der Waals surface area contributed by atoms with Crippen LogP contribution in [0.5, 0.6) is 11.5 Å². The van der Waals surface area contributed by atoms with Gasteiger partial charge in [0.1, 0.15) is 12.2 Å². The van der Waals surface area contributed by atoms with E-state index in [1.165, 1.54) is 24.5 Å². The smallest absolute Gasteiger partial charge is 0.247 e. The van der Waals surface area contributed by atoms with Crippen molar-refractivity contribution in [3.8, 4) is 11.5 Å². The molecule has 0 saturated heterocycles. The van der Waals surface area contributed by atoms with Crippen LogP contribution in [0.4, 0.5) is 0 Å². The predicted octanol–water partition coefficient (Wildman–Crippen LogP) is 1.67. The number of nitrogens with one attached hydrogen (secondary N) is 1. The van der Waals surface area contributed by atoms with Gasteiger partial charge in [-0.15, -0.1) is 0 Å². The Morgan fingerprint density at radius 3 is 2.55 bits per heavy atom. The van der Waals surface area contributed by atoms with Crippen molar-refractivity contribution in [2.24, 2.45) is 0 Å². The van der Waals surface area contributed by atoms with Gasteiger partial charge in [0.15, 0.2) is 11.5 Å². The van der Waals surface area contributed by atoms with E-state index in [0.717, 1.165) is 11.1 Å². The number of ether oxygens (including phenoxy) is 2. The summed E-state index contributed by atoms with van der Waals surface area (Å²) in [7, 11) is 1.47. The number of benzene rings is 2. The van der Waals surface area contributed by atoms with Crippen molar-refractivity contribution in [2.75, 3.05) is 20.3 Å². The molecule has 1 aliphatic carbocycles. The highest BCUT2D eigenvalue weighted by Crippen LogP contribution is 2.51. The molecule has 4 atom stereocenters. The number of furan rings is 1. The van der Waals surface area contributed by atoms with Crippen LogP contribution in [0, 0.1) is 0 Å². The largest absolute Gasteiger partial charge is 0.493 e. The monoisotopic (exact) mass is 548 g/mol. The van der Waals surface area contributed by atoms with Crippen molar-refractivity contribution in [3.63, 3.8) is 0 Å². The molecule has 4 N–H and O–H groups in total. The van der Waals surface area contributed by atoms with Crippen LogP contribution in [-0.4, -0.2) is 70.5 Å². The minimum Gasteiger partial charge on any atom is -0.493 e. The number of amides is 2. The van der Waals surface area contributed by atoms with E-state index < -0.39 is 30.1 Å². The third kappa shape index (κ3) is 5.33. The number of rotatable bonds is 10. The molecule has 0 saturated carbocycles. The van der Waals surface area contributed by atoms with Gasteiger partial charge >= 0.3 is 0 Å². The van der Waals surface area contributed by atoms with Gasteiger partial charge < -0.3 is 39.4 Å². The Morgan fingerprint density at radius 2 is 1.88 bits per heavy atom. The molecule has 2 aromatic carbocycles. The van der Waals surface area contributed by atoms with Gasteiger partial charge in [-0.25, -0.2) is 0 Å². The number of fused-ring (bicyclic) bond motifs is 3. The summed E-state index contributed by atoms with van der Waals surface area (Å²) in [5.74, 6) is -0.667. The van der Waals surface area contributed by atoms with Crippen LogP contribution in [0.1, 0.15) is 28.2 Å². The minimum atomic E-state index is -1.21. The second-order valence-corrected chi connectivity index (χ2v) is 9.83. The summed E-state index contributed by atoms with van der Waals surface area (Å²) in [5, 5.41) is 33.6. The summed E-state index contributed by atoms with van der Waals surface area (Å²) >= 11 is 0. The molecule has 0 bridgehead atoms. The third-order valence-corrected chi connectivity index (χ3v) is 7.31. The summed E-state index contributed by atoms with van der Waals surface area (Å²) in [4.78, 5) is 28.7. The average Bonchev–Trinajstić information content (AvgIpc) is 3.63. The van der Waals surface area contributed by atoms with Crippen LogP contribution in [-0.2, 0) is 29.2 Å². The van der Waals surface area contributed by atoms with Crippen molar-refractivity contribution < 1.29 is 38.8 Å². The molecular formula is C30H32N2O8. The first kappa shape index (κ1) is 27.4. The Labute approximate surface area is 231 Å². The summed E-state index contributed by atoms with van der Waals surface area (Å²) < 4.78 is 17.0. The Bertz CT molecular complexity index is 1370. The maximum Gasteiger partial charge on any atom is 0.247 e. The van der Waals surface area contributed by atoms with Gasteiger partial charge in [0, 0.05) is 29.8 Å². The van der Waals surface area contributed by atoms with E-state index in [4.69, 9.17) is 13.9 Å². The van der Waals surface area contributed by atoms with Crippen molar-refractivity contribution in [3.05, 3.63) is 95.0 Å². The number of carbonyl (C=O) groups is 2. The Morgan fingerprint density at radius 1 is 1.07 bits per heavy atom. The van der Waals surface area contributed by atoms with Crippen LogP contribution in [0.15, 0.2) is 77.1 Å². The van der Waals surface area contributed by atoms with Gasteiger partial charge in [0.2, 0.25) is 11.8 Å². The summed E-state index contributed by atoms with van der Waals surface area (Å²) in [6.45, 7) is -0.347. The first-order chi connectivity index (χ1) is 19.4. The molecule has 2 heterocycles. The molecule has 0 radical (unpaired) electrons. The van der Waals surface area contributed by atoms with E-state index in [1.54, 1.807) is 24.3 Å². The van der Waals surface area contributed by atoms with Gasteiger partial charge in [0.25, 0.3) is 0 Å². The van der Waals surface area contributed by atoms with E-state index in [9.17, 15) is 24.9 Å². The Hall–Kier alpha value is -4.12. The lowest BCUT2D eigenvalue weighted by atomic mass is 9.77. The van der Waals surface area contributed by atoms with Gasteiger partial charge in [-0.1, -0.05) is 30.3 Å². The summed E-state index contributed by atoms with van der Waals surface area (Å²) in [5.41, 5.74) is 2.97. The number of aliphatic hydroxyl groups is 3. The molecular weight excluding hydrogens is 516 g/mol. The summed E-state index contributed by atoms with van der Waals surface area (Å²) in [6.07, 6.45) is 2.61. The van der Waals surface area contributed by atoms with Crippen molar-refractivity contribution >= 4 is 11.8 Å². The highest BCUT2D eigenvalue weighted by atomic mass is 16.5. The lowest BCUT2D eigenvalue weighted by Gasteiger charge is -2.40. The molecule has 210 valence electrons. The first-order valence-electron chi connectivity index (χ1n) is 13.1. The van der Waals surface area contributed by atoms with Crippen molar-refractivity contribution in [2.45, 2.75) is 43.7 Å². The van der Waals surface area contributed by atoms with Gasteiger partial charge in [-0.05, 0) is 35.4 Å². The Balaban J connectivity index is 1.58. The fourth-order valence-corrected chi connectivity index (χ4v) is 5.43. The normalized spacial score (nSPS) is 21.1. The zero-order valence-corrected chi connectivity index (χ0v) is 22.0. The minimum absolute atomic E-state index is 0.0279. The molecule has 2 aliphatic rings. The fourth-order valence-electron chi connectivity index (χ4n) is 5.43. The highest BCUT2D eigenvalue weighted by Gasteiger charge is 2.51. The number of aliphatic hydroxyl groups excluding tert-OH is 3. The van der Waals surface area contributed by atoms with Gasteiger partial charge in [-0.3, -0.25) is 9.59 Å². The average molecular weight is 549 g/mol. The molecule has 40 heavy (non-hydrogen) atoms. The lowest BCUT2D eigenvalue weighted by Crippen LogP contribution is -2.55. The van der Waals surface area contributed by atoms with E-state index in [2.05, 4.69) is 5.32 Å². The zero-order valence-electron chi connectivity index (χ0n) is 22.0. The van der Waals surface area contributed by atoms with Gasteiger partial charge in [-0.2, -0.15) is 0 Å². The van der Waals surface area contributed by atoms with Crippen molar-refractivity contribution in [1.29, 1.82) is 0 Å². The number of hydrogen-bond donors (Lipinski definition) is 4. The third-order valence-electron chi connectivity index (χ3n) is 7.31. The number of methoxy groups -OCH3 is 1. The predicted molar refractivity (Wildman–Crippen MR) is 143 cm³/mol. The lowest BCUT2D eigenvalue weighted by molar-refractivity contribution is -0.137. The Kier molecular flexibility index (Phi) is 8.20. The van der Waals surface area contributed by atoms with Gasteiger partial charge in [0.05, 0.1) is 51.2 Å². The topological polar surface area (TPSA) is 142 Å². The quantitative estimate of drug-likeness (QED) is 0.300. The van der Waals surface area contributed by atoms with Crippen LogP contribution < -0.4 is 14.8 Å². The molecule has 0 spiro atoms. The van der Waals surface area contributed by atoms with Crippen LogP contribution >= 0.6 is 0 Å². The molecule has 3 aromatic rings. The maximum atomic E-state index is 13.8. The van der Waals surface area contributed by atoms with E-state index >= 15 is 0 Å². The molecule has 5 rings (SSSR count). The first-order valence-corrected chi connectivity index (χ1v) is 13.1. The van der Waals surface area contributed by atoms with Crippen LogP contribution in [0.3, 0.4) is 0 Å². The molecule has 1 aliphatic heterocycles. The summed E-state index contributed by atoms with van der Waals surface area (Å²) in [6, 6.07) is 13.5. The fraction of sp³-hybridized carbons (Fsp3) is 0.333. The second kappa shape index (κ2) is 12.0. The standard InChI is InChI=1S/C30H32N2O8/c1-38-24-12-20(16-34)11-21-26-22(30(37)31-8-9-33)14-23(27(36)29(26)40-28(21)24)32(15-19-7-10-39-17-19)25(35)13-18-5-3-2-4-6-18/h2-7,10-12,14,17,23,26-27,29,33-34,36H,8-9,13,15-16H2,1H3,(H,31,37)/t23-,26+,27+,29+/m1/s1. The number of nitrogens with zero attached hydrogens (tertiary/aromatic N) is 1.